The monoisotopic (exact) mass is 249 g/mol. The summed E-state index contributed by atoms with van der Waals surface area (Å²) in [6.07, 6.45) is 3.77. The summed E-state index contributed by atoms with van der Waals surface area (Å²) in [4.78, 5) is 0. The summed E-state index contributed by atoms with van der Waals surface area (Å²) in [7, 11) is 0. The Balaban J connectivity index is 1.97. The molecular formula is C16H15N3. The van der Waals surface area contributed by atoms with Crippen LogP contribution in [0.3, 0.4) is 0 Å². The van der Waals surface area contributed by atoms with Crippen LogP contribution >= 0.6 is 0 Å². The summed E-state index contributed by atoms with van der Waals surface area (Å²) in [6.45, 7) is 0.884. The minimum absolute atomic E-state index is 0.884. The van der Waals surface area contributed by atoms with Gasteiger partial charge >= 0.3 is 0 Å². The van der Waals surface area contributed by atoms with Crippen LogP contribution in [0.5, 0.6) is 0 Å². The molecule has 0 atom stereocenters. The van der Waals surface area contributed by atoms with Crippen molar-refractivity contribution in [3.8, 4) is 0 Å². The van der Waals surface area contributed by atoms with E-state index in [0.29, 0.717) is 0 Å². The Bertz CT molecular complexity index is 711. The highest BCUT2D eigenvalue weighted by Crippen LogP contribution is 2.18. The third-order valence-electron chi connectivity index (χ3n) is 3.21. The van der Waals surface area contributed by atoms with Gasteiger partial charge in [0.25, 0.3) is 0 Å². The van der Waals surface area contributed by atoms with Gasteiger partial charge in [0.05, 0.1) is 6.21 Å². The second-order valence-electron chi connectivity index (χ2n) is 4.53. The quantitative estimate of drug-likeness (QED) is 0.433. The predicted molar refractivity (Wildman–Crippen MR) is 79.3 cm³/mol. The number of benzene rings is 2. The molecule has 0 unspecified atom stereocenters. The molecule has 0 saturated heterocycles. The first-order valence-electron chi connectivity index (χ1n) is 6.23. The summed E-state index contributed by atoms with van der Waals surface area (Å²) in [5.41, 5.74) is 3.54. The highest BCUT2D eigenvalue weighted by Gasteiger charge is 2.02. The molecule has 0 aliphatic rings. The molecule has 2 aromatic carbocycles. The number of aromatic nitrogens is 1. The molecule has 0 amide bonds. The van der Waals surface area contributed by atoms with Crippen molar-refractivity contribution in [1.29, 1.82) is 0 Å². The van der Waals surface area contributed by atoms with E-state index in [9.17, 15) is 0 Å². The van der Waals surface area contributed by atoms with Gasteiger partial charge in [-0.05, 0) is 29.3 Å². The van der Waals surface area contributed by atoms with Gasteiger partial charge in [-0.1, -0.05) is 36.4 Å². The topological polar surface area (TPSA) is 43.3 Å². The highest BCUT2D eigenvalue weighted by molar-refractivity contribution is 5.89. The van der Waals surface area contributed by atoms with Crippen LogP contribution in [0.1, 0.15) is 11.1 Å². The molecule has 3 rings (SSSR count). The van der Waals surface area contributed by atoms with Crippen LogP contribution in [0.25, 0.3) is 10.9 Å². The Morgan fingerprint density at radius 1 is 1.05 bits per heavy atom. The van der Waals surface area contributed by atoms with Crippen molar-refractivity contribution in [2.75, 3.05) is 0 Å². The van der Waals surface area contributed by atoms with E-state index < -0.39 is 0 Å². The second-order valence-corrected chi connectivity index (χ2v) is 4.53. The van der Waals surface area contributed by atoms with Gasteiger partial charge < -0.3 is 10.4 Å². The summed E-state index contributed by atoms with van der Waals surface area (Å²) in [5.74, 6) is 5.18. The van der Waals surface area contributed by atoms with Crippen LogP contribution in [-0.2, 0) is 6.54 Å². The summed E-state index contributed by atoms with van der Waals surface area (Å²) in [6, 6.07) is 18.8. The SMILES string of the molecule is NN=Cc1ccc2c(ccn2Cc2ccccc2)c1. The van der Waals surface area contributed by atoms with Gasteiger partial charge in [-0.3, -0.25) is 0 Å². The standard InChI is InChI=1S/C16H15N3/c17-18-11-14-6-7-16-15(10-14)8-9-19(16)12-13-4-2-1-3-5-13/h1-11H,12,17H2. The molecule has 0 fully saturated rings. The third-order valence-corrected chi connectivity index (χ3v) is 3.21. The molecule has 3 nitrogen and oxygen atoms in total. The van der Waals surface area contributed by atoms with Crippen molar-refractivity contribution in [2.24, 2.45) is 10.9 Å². The van der Waals surface area contributed by atoms with Crippen molar-refractivity contribution in [2.45, 2.75) is 6.54 Å². The molecular weight excluding hydrogens is 234 g/mol. The average molecular weight is 249 g/mol. The molecule has 0 aliphatic carbocycles. The fourth-order valence-electron chi connectivity index (χ4n) is 2.30. The van der Waals surface area contributed by atoms with Crippen molar-refractivity contribution >= 4 is 17.1 Å². The van der Waals surface area contributed by atoms with E-state index in [0.717, 1.165) is 12.1 Å². The minimum Gasteiger partial charge on any atom is -0.343 e. The largest absolute Gasteiger partial charge is 0.343 e. The van der Waals surface area contributed by atoms with E-state index in [1.807, 2.05) is 12.1 Å². The normalized spacial score (nSPS) is 11.4. The van der Waals surface area contributed by atoms with Crippen molar-refractivity contribution in [3.63, 3.8) is 0 Å². The molecule has 0 aliphatic heterocycles. The lowest BCUT2D eigenvalue weighted by Gasteiger charge is -2.05. The smallest absolute Gasteiger partial charge is 0.0538 e. The zero-order chi connectivity index (χ0) is 13.1. The van der Waals surface area contributed by atoms with Gasteiger partial charge in [-0.25, -0.2) is 0 Å². The molecule has 0 bridgehead atoms. The summed E-state index contributed by atoms with van der Waals surface area (Å²) >= 11 is 0. The van der Waals surface area contributed by atoms with Gasteiger partial charge in [-0.15, -0.1) is 0 Å². The lowest BCUT2D eigenvalue weighted by atomic mass is 10.1. The summed E-state index contributed by atoms with van der Waals surface area (Å²) < 4.78 is 2.24. The van der Waals surface area contributed by atoms with Crippen LogP contribution in [-0.4, -0.2) is 10.8 Å². The van der Waals surface area contributed by atoms with Gasteiger partial charge in [0.2, 0.25) is 0 Å². The molecule has 94 valence electrons. The third kappa shape index (κ3) is 2.36. The maximum absolute atomic E-state index is 5.18. The lowest BCUT2D eigenvalue weighted by molar-refractivity contribution is 0.837. The van der Waals surface area contributed by atoms with E-state index in [1.165, 1.54) is 16.5 Å². The molecule has 3 aromatic rings. The summed E-state index contributed by atoms with van der Waals surface area (Å²) in [5, 5.41) is 4.76. The van der Waals surface area contributed by atoms with Crippen molar-refractivity contribution in [3.05, 3.63) is 71.9 Å². The molecule has 3 heteroatoms. The Labute approximate surface area is 112 Å². The van der Waals surface area contributed by atoms with Gasteiger partial charge in [0.1, 0.15) is 0 Å². The second kappa shape index (κ2) is 4.98. The van der Waals surface area contributed by atoms with Crippen LogP contribution in [0.15, 0.2) is 65.9 Å². The maximum Gasteiger partial charge on any atom is 0.0538 e. The number of hydrazone groups is 1. The molecule has 0 radical (unpaired) electrons. The van der Waals surface area contributed by atoms with E-state index in [4.69, 9.17) is 5.84 Å². The molecule has 2 N–H and O–H groups in total. The Kier molecular flexibility index (Phi) is 3.02. The Hall–Kier alpha value is -2.55. The Morgan fingerprint density at radius 3 is 2.68 bits per heavy atom. The zero-order valence-electron chi connectivity index (χ0n) is 10.5. The van der Waals surface area contributed by atoms with Crippen LogP contribution in [0.2, 0.25) is 0 Å². The number of rotatable bonds is 3. The van der Waals surface area contributed by atoms with E-state index in [1.54, 1.807) is 6.21 Å². The highest BCUT2D eigenvalue weighted by atomic mass is 15.1. The Morgan fingerprint density at radius 2 is 1.89 bits per heavy atom. The molecule has 1 aromatic heterocycles. The number of nitrogens with zero attached hydrogens (tertiary/aromatic N) is 2. The van der Waals surface area contributed by atoms with Crippen LogP contribution in [0, 0.1) is 0 Å². The number of fused-ring (bicyclic) bond motifs is 1. The first-order valence-corrected chi connectivity index (χ1v) is 6.23. The first-order chi connectivity index (χ1) is 9.36. The molecule has 0 saturated carbocycles. The first kappa shape index (κ1) is 11.5. The maximum atomic E-state index is 5.18. The van der Waals surface area contributed by atoms with Crippen LogP contribution in [0.4, 0.5) is 0 Å². The van der Waals surface area contributed by atoms with E-state index in [2.05, 4.69) is 58.3 Å². The predicted octanol–water partition coefficient (Wildman–Crippen LogP) is 2.98. The molecule has 0 spiro atoms. The number of hydrogen-bond acceptors (Lipinski definition) is 2. The fourth-order valence-corrected chi connectivity index (χ4v) is 2.30. The minimum atomic E-state index is 0.884. The van der Waals surface area contributed by atoms with Crippen molar-refractivity contribution < 1.29 is 0 Å². The number of hydrogen-bond donors (Lipinski definition) is 1. The van der Waals surface area contributed by atoms with Gasteiger partial charge in [-0.2, -0.15) is 5.10 Å². The average Bonchev–Trinajstić information content (AvgIpc) is 2.83. The van der Waals surface area contributed by atoms with Crippen molar-refractivity contribution in [1.82, 2.24) is 4.57 Å². The number of nitrogens with two attached hydrogens (primary N) is 1. The molecule has 1 heterocycles. The van der Waals surface area contributed by atoms with E-state index >= 15 is 0 Å². The lowest BCUT2D eigenvalue weighted by Crippen LogP contribution is -1.97. The zero-order valence-corrected chi connectivity index (χ0v) is 10.5. The van der Waals surface area contributed by atoms with Gasteiger partial charge in [0.15, 0.2) is 0 Å². The van der Waals surface area contributed by atoms with Gasteiger partial charge in [0, 0.05) is 23.6 Å². The van der Waals surface area contributed by atoms with E-state index in [-0.39, 0.29) is 0 Å². The molecule has 19 heavy (non-hydrogen) atoms. The van der Waals surface area contributed by atoms with Crippen LogP contribution < -0.4 is 5.84 Å². The fraction of sp³-hybridized carbons (Fsp3) is 0.0625.